The maximum atomic E-state index is 4.53. The molecule has 0 unspecified atom stereocenters. The third-order valence-corrected chi connectivity index (χ3v) is 4.38. The van der Waals surface area contributed by atoms with E-state index in [-0.39, 0.29) is 0 Å². The van der Waals surface area contributed by atoms with Crippen LogP contribution in [0.2, 0.25) is 0 Å². The molecule has 1 fully saturated rings. The summed E-state index contributed by atoms with van der Waals surface area (Å²) in [5.41, 5.74) is 2.72. The van der Waals surface area contributed by atoms with Crippen LogP contribution in [0.4, 0.5) is 0 Å². The van der Waals surface area contributed by atoms with Gasteiger partial charge in [0.25, 0.3) is 0 Å². The molecule has 1 saturated carbocycles. The summed E-state index contributed by atoms with van der Waals surface area (Å²) in [5.74, 6) is 3.24. The molecule has 0 radical (unpaired) electrons. The average Bonchev–Trinajstić information content (AvgIpc) is 3.16. The van der Waals surface area contributed by atoms with Crippen LogP contribution >= 0.6 is 11.8 Å². The predicted octanol–water partition coefficient (Wildman–Crippen LogP) is 4.10. The Morgan fingerprint density at radius 2 is 2.00 bits per heavy atom. The number of hydrogen-bond acceptors (Lipinski definition) is 3. The van der Waals surface area contributed by atoms with Crippen LogP contribution in [0.15, 0.2) is 29.4 Å². The molecular formula is C15H19N3S. The second-order valence-electron chi connectivity index (χ2n) is 5.46. The van der Waals surface area contributed by atoms with Crippen LogP contribution in [-0.4, -0.2) is 15.2 Å². The summed E-state index contributed by atoms with van der Waals surface area (Å²) in [6, 6.07) is 8.84. The third kappa shape index (κ3) is 3.18. The van der Waals surface area contributed by atoms with Crippen molar-refractivity contribution in [1.82, 2.24) is 15.2 Å². The topological polar surface area (TPSA) is 41.6 Å². The van der Waals surface area contributed by atoms with Crippen molar-refractivity contribution < 1.29 is 0 Å². The van der Waals surface area contributed by atoms with E-state index in [1.165, 1.54) is 24.0 Å². The Morgan fingerprint density at radius 1 is 1.26 bits per heavy atom. The van der Waals surface area contributed by atoms with E-state index in [1.807, 2.05) is 0 Å². The maximum absolute atomic E-state index is 4.53. The number of nitrogens with zero attached hydrogens (tertiary/aromatic N) is 2. The normalized spacial score (nSPS) is 15.1. The summed E-state index contributed by atoms with van der Waals surface area (Å²) in [5, 5.41) is 8.18. The lowest BCUT2D eigenvalue weighted by atomic mass is 10.0. The van der Waals surface area contributed by atoms with Gasteiger partial charge in [-0.15, -0.1) is 5.10 Å². The minimum absolute atomic E-state index is 0.593. The van der Waals surface area contributed by atoms with E-state index in [2.05, 4.69) is 53.3 Å². The van der Waals surface area contributed by atoms with E-state index in [0.29, 0.717) is 11.8 Å². The molecule has 1 heterocycles. The highest BCUT2D eigenvalue weighted by Gasteiger charge is 2.27. The van der Waals surface area contributed by atoms with Crippen molar-refractivity contribution >= 4 is 11.8 Å². The number of aromatic amines is 1. The second-order valence-corrected chi connectivity index (χ2v) is 6.40. The molecule has 1 aromatic carbocycles. The number of aromatic nitrogens is 3. The van der Waals surface area contributed by atoms with Crippen LogP contribution in [0.3, 0.4) is 0 Å². The van der Waals surface area contributed by atoms with Gasteiger partial charge in [-0.25, -0.2) is 4.98 Å². The SMILES string of the molecule is CC(C)c1ccc(CSc2n[nH]c(C3CC3)n2)cc1. The summed E-state index contributed by atoms with van der Waals surface area (Å²) in [6.45, 7) is 4.44. The second kappa shape index (κ2) is 5.37. The van der Waals surface area contributed by atoms with Gasteiger partial charge in [0.15, 0.2) is 0 Å². The van der Waals surface area contributed by atoms with Crippen molar-refractivity contribution in [3.05, 3.63) is 41.2 Å². The summed E-state index contributed by atoms with van der Waals surface area (Å²) in [7, 11) is 0. The van der Waals surface area contributed by atoms with E-state index in [0.717, 1.165) is 16.7 Å². The molecule has 0 aliphatic heterocycles. The lowest BCUT2D eigenvalue weighted by Crippen LogP contribution is -1.88. The largest absolute Gasteiger partial charge is 0.262 e. The molecule has 0 saturated heterocycles. The lowest BCUT2D eigenvalue weighted by molar-refractivity contribution is 0.866. The molecule has 1 aromatic heterocycles. The van der Waals surface area contributed by atoms with Crippen molar-refractivity contribution in [2.24, 2.45) is 0 Å². The minimum atomic E-state index is 0.593. The average molecular weight is 273 g/mol. The first-order chi connectivity index (χ1) is 9.22. The quantitative estimate of drug-likeness (QED) is 0.834. The Morgan fingerprint density at radius 3 is 2.63 bits per heavy atom. The van der Waals surface area contributed by atoms with Crippen LogP contribution in [0.1, 0.15) is 55.5 Å². The first kappa shape index (κ1) is 12.7. The van der Waals surface area contributed by atoms with E-state index in [9.17, 15) is 0 Å². The molecule has 100 valence electrons. The molecule has 0 atom stereocenters. The molecule has 0 bridgehead atoms. The molecule has 0 amide bonds. The number of nitrogens with one attached hydrogen (secondary N) is 1. The number of H-pyrrole nitrogens is 1. The van der Waals surface area contributed by atoms with Crippen molar-refractivity contribution in [2.75, 3.05) is 0 Å². The van der Waals surface area contributed by atoms with Gasteiger partial charge >= 0.3 is 0 Å². The number of thioether (sulfide) groups is 1. The number of benzene rings is 1. The maximum Gasteiger partial charge on any atom is 0.208 e. The molecule has 0 spiro atoms. The fourth-order valence-electron chi connectivity index (χ4n) is 2.01. The summed E-state index contributed by atoms with van der Waals surface area (Å²) in [6.07, 6.45) is 2.52. The highest BCUT2D eigenvalue weighted by molar-refractivity contribution is 7.98. The number of rotatable bonds is 5. The van der Waals surface area contributed by atoms with Crippen molar-refractivity contribution in [3.8, 4) is 0 Å². The van der Waals surface area contributed by atoms with E-state index >= 15 is 0 Å². The van der Waals surface area contributed by atoms with E-state index < -0.39 is 0 Å². The molecule has 19 heavy (non-hydrogen) atoms. The molecule has 3 nitrogen and oxygen atoms in total. The van der Waals surface area contributed by atoms with Crippen LogP contribution < -0.4 is 0 Å². The Balaban J connectivity index is 1.58. The van der Waals surface area contributed by atoms with Gasteiger partial charge in [-0.2, -0.15) is 0 Å². The zero-order valence-electron chi connectivity index (χ0n) is 11.4. The van der Waals surface area contributed by atoms with Crippen LogP contribution in [0.25, 0.3) is 0 Å². The fraction of sp³-hybridized carbons (Fsp3) is 0.467. The zero-order valence-corrected chi connectivity index (χ0v) is 12.2. The first-order valence-electron chi connectivity index (χ1n) is 6.86. The molecular weight excluding hydrogens is 254 g/mol. The Hall–Kier alpha value is -1.29. The molecule has 1 aliphatic rings. The molecule has 1 N–H and O–H groups in total. The zero-order chi connectivity index (χ0) is 13.2. The predicted molar refractivity (Wildman–Crippen MR) is 78.4 cm³/mol. The van der Waals surface area contributed by atoms with Crippen LogP contribution in [0, 0.1) is 0 Å². The van der Waals surface area contributed by atoms with Gasteiger partial charge in [-0.1, -0.05) is 49.9 Å². The molecule has 4 heteroatoms. The Kier molecular flexibility index (Phi) is 3.60. The smallest absolute Gasteiger partial charge is 0.208 e. The highest BCUT2D eigenvalue weighted by Crippen LogP contribution is 2.38. The standard InChI is InChI=1S/C15H19N3S/c1-10(2)12-5-3-11(4-6-12)9-19-15-16-14(17-18-15)13-7-8-13/h3-6,10,13H,7-9H2,1-2H3,(H,16,17,18). The summed E-state index contributed by atoms with van der Waals surface area (Å²) >= 11 is 1.70. The van der Waals surface area contributed by atoms with Gasteiger partial charge in [0, 0.05) is 11.7 Å². The van der Waals surface area contributed by atoms with Crippen molar-refractivity contribution in [1.29, 1.82) is 0 Å². The molecule has 2 aromatic rings. The van der Waals surface area contributed by atoms with Crippen LogP contribution in [0.5, 0.6) is 0 Å². The van der Waals surface area contributed by atoms with Crippen LogP contribution in [-0.2, 0) is 5.75 Å². The monoisotopic (exact) mass is 273 g/mol. The van der Waals surface area contributed by atoms with Gasteiger partial charge in [-0.05, 0) is 29.9 Å². The van der Waals surface area contributed by atoms with E-state index in [1.54, 1.807) is 11.8 Å². The van der Waals surface area contributed by atoms with Crippen molar-refractivity contribution in [3.63, 3.8) is 0 Å². The first-order valence-corrected chi connectivity index (χ1v) is 7.85. The number of hydrogen-bond donors (Lipinski definition) is 1. The highest BCUT2D eigenvalue weighted by atomic mass is 32.2. The molecule has 3 rings (SSSR count). The van der Waals surface area contributed by atoms with Gasteiger partial charge in [-0.3, -0.25) is 5.10 Å². The van der Waals surface area contributed by atoms with Gasteiger partial charge in [0.1, 0.15) is 5.82 Å². The van der Waals surface area contributed by atoms with Gasteiger partial charge in [0.05, 0.1) is 0 Å². The molecule has 1 aliphatic carbocycles. The lowest BCUT2D eigenvalue weighted by Gasteiger charge is -2.05. The Labute approximate surface area is 118 Å². The third-order valence-electron chi connectivity index (χ3n) is 3.46. The fourth-order valence-corrected chi connectivity index (χ4v) is 2.77. The van der Waals surface area contributed by atoms with Gasteiger partial charge < -0.3 is 0 Å². The van der Waals surface area contributed by atoms with E-state index in [4.69, 9.17) is 0 Å². The minimum Gasteiger partial charge on any atom is -0.262 e. The Bertz CT molecular complexity index is 541. The van der Waals surface area contributed by atoms with Crippen molar-refractivity contribution in [2.45, 2.75) is 49.4 Å². The summed E-state index contributed by atoms with van der Waals surface area (Å²) in [4.78, 5) is 4.53. The van der Waals surface area contributed by atoms with Gasteiger partial charge in [0.2, 0.25) is 5.16 Å². The summed E-state index contributed by atoms with van der Waals surface area (Å²) < 4.78 is 0.